The molecule has 0 atom stereocenters. The Kier molecular flexibility index (Phi) is 3.88. The van der Waals surface area contributed by atoms with Gasteiger partial charge in [-0.3, -0.25) is 10.1 Å². The highest BCUT2D eigenvalue weighted by molar-refractivity contribution is 5.59. The standard InChI is InChI=1S/C10H16N6O2/c1-2-12-10-13-7-8(16(17)18)9(14-10)15-5-3-11-4-6-15/h7,11H,2-6H2,1H3,(H,12,13,14). The van der Waals surface area contributed by atoms with Gasteiger partial charge in [-0.05, 0) is 6.92 Å². The molecule has 2 rings (SSSR count). The van der Waals surface area contributed by atoms with E-state index in [0.29, 0.717) is 31.4 Å². The highest BCUT2D eigenvalue weighted by Crippen LogP contribution is 2.26. The molecule has 0 spiro atoms. The number of hydrogen-bond donors (Lipinski definition) is 2. The molecule has 0 radical (unpaired) electrons. The van der Waals surface area contributed by atoms with Gasteiger partial charge in [0.2, 0.25) is 11.8 Å². The lowest BCUT2D eigenvalue weighted by molar-refractivity contribution is -0.384. The highest BCUT2D eigenvalue weighted by Gasteiger charge is 2.23. The van der Waals surface area contributed by atoms with Crippen molar-refractivity contribution >= 4 is 17.5 Å². The third-order valence-electron chi connectivity index (χ3n) is 2.70. The van der Waals surface area contributed by atoms with E-state index in [1.165, 1.54) is 6.20 Å². The maximum Gasteiger partial charge on any atom is 0.329 e. The second-order valence-electron chi connectivity index (χ2n) is 3.93. The molecule has 0 aliphatic carbocycles. The molecular formula is C10H16N6O2. The van der Waals surface area contributed by atoms with Crippen LogP contribution in [-0.4, -0.2) is 47.6 Å². The average Bonchev–Trinajstić information content (AvgIpc) is 2.40. The zero-order valence-corrected chi connectivity index (χ0v) is 10.2. The zero-order chi connectivity index (χ0) is 13.0. The van der Waals surface area contributed by atoms with E-state index in [1.54, 1.807) is 0 Å². The van der Waals surface area contributed by atoms with Crippen LogP contribution in [0.1, 0.15) is 6.92 Å². The van der Waals surface area contributed by atoms with Crippen LogP contribution in [0.3, 0.4) is 0 Å². The molecule has 2 N–H and O–H groups in total. The molecule has 0 saturated carbocycles. The normalized spacial score (nSPS) is 15.5. The van der Waals surface area contributed by atoms with E-state index in [2.05, 4.69) is 20.6 Å². The van der Waals surface area contributed by atoms with Crippen LogP contribution in [0.15, 0.2) is 6.20 Å². The molecular weight excluding hydrogens is 236 g/mol. The van der Waals surface area contributed by atoms with Gasteiger partial charge in [-0.2, -0.15) is 4.98 Å². The summed E-state index contributed by atoms with van der Waals surface area (Å²) < 4.78 is 0. The molecule has 1 aliphatic heterocycles. The first-order valence-corrected chi connectivity index (χ1v) is 5.93. The van der Waals surface area contributed by atoms with Crippen LogP contribution in [-0.2, 0) is 0 Å². The molecule has 98 valence electrons. The zero-order valence-electron chi connectivity index (χ0n) is 10.2. The number of nitro groups is 1. The Morgan fingerprint density at radius 3 is 2.89 bits per heavy atom. The lowest BCUT2D eigenvalue weighted by atomic mass is 10.3. The van der Waals surface area contributed by atoms with Crippen LogP contribution < -0.4 is 15.5 Å². The Hall–Kier alpha value is -1.96. The molecule has 18 heavy (non-hydrogen) atoms. The summed E-state index contributed by atoms with van der Waals surface area (Å²) >= 11 is 0. The van der Waals surface area contributed by atoms with Gasteiger partial charge in [-0.15, -0.1) is 0 Å². The van der Waals surface area contributed by atoms with Gasteiger partial charge in [0.1, 0.15) is 6.20 Å². The first-order chi connectivity index (χ1) is 8.72. The van der Waals surface area contributed by atoms with Crippen molar-refractivity contribution in [3.05, 3.63) is 16.3 Å². The van der Waals surface area contributed by atoms with Gasteiger partial charge in [-0.1, -0.05) is 0 Å². The third-order valence-corrected chi connectivity index (χ3v) is 2.70. The fourth-order valence-corrected chi connectivity index (χ4v) is 1.85. The summed E-state index contributed by atoms with van der Waals surface area (Å²) in [5, 5.41) is 17.2. The smallest absolute Gasteiger partial charge is 0.329 e. The van der Waals surface area contributed by atoms with Crippen molar-refractivity contribution in [2.24, 2.45) is 0 Å². The molecule has 2 heterocycles. The summed E-state index contributed by atoms with van der Waals surface area (Å²) in [4.78, 5) is 20.7. The van der Waals surface area contributed by atoms with Gasteiger partial charge in [0.05, 0.1) is 4.92 Å². The van der Waals surface area contributed by atoms with E-state index in [9.17, 15) is 10.1 Å². The number of aromatic nitrogens is 2. The molecule has 8 heteroatoms. The predicted octanol–water partition coefficient (Wildman–Crippen LogP) is 0.226. The van der Waals surface area contributed by atoms with Gasteiger partial charge < -0.3 is 15.5 Å². The number of nitrogens with one attached hydrogen (secondary N) is 2. The second kappa shape index (κ2) is 5.58. The van der Waals surface area contributed by atoms with Gasteiger partial charge in [0.15, 0.2) is 0 Å². The number of piperazine rings is 1. The van der Waals surface area contributed by atoms with E-state index < -0.39 is 4.92 Å². The summed E-state index contributed by atoms with van der Waals surface area (Å²) in [6, 6.07) is 0. The maximum atomic E-state index is 11.0. The molecule has 1 aromatic heterocycles. The third kappa shape index (κ3) is 2.65. The van der Waals surface area contributed by atoms with Crippen molar-refractivity contribution in [2.45, 2.75) is 6.92 Å². The minimum absolute atomic E-state index is 0.0430. The van der Waals surface area contributed by atoms with Gasteiger partial charge in [-0.25, -0.2) is 4.98 Å². The summed E-state index contributed by atoms with van der Waals surface area (Å²) in [7, 11) is 0. The summed E-state index contributed by atoms with van der Waals surface area (Å²) in [6.45, 7) is 5.64. The molecule has 1 saturated heterocycles. The fourth-order valence-electron chi connectivity index (χ4n) is 1.85. The van der Waals surface area contributed by atoms with Crippen LogP contribution in [0.25, 0.3) is 0 Å². The second-order valence-corrected chi connectivity index (χ2v) is 3.93. The number of nitrogens with zero attached hydrogens (tertiary/aromatic N) is 4. The SMILES string of the molecule is CCNc1ncc([N+](=O)[O-])c(N2CCNCC2)n1. The maximum absolute atomic E-state index is 11.0. The molecule has 1 aromatic rings. The van der Waals surface area contributed by atoms with Crippen LogP contribution in [0.5, 0.6) is 0 Å². The average molecular weight is 252 g/mol. The van der Waals surface area contributed by atoms with Crippen molar-refractivity contribution in [3.8, 4) is 0 Å². The Bertz CT molecular complexity index is 432. The molecule has 0 aromatic carbocycles. The molecule has 8 nitrogen and oxygen atoms in total. The van der Waals surface area contributed by atoms with E-state index in [0.717, 1.165) is 13.1 Å². The minimum Gasteiger partial charge on any atom is -0.354 e. The number of anilines is 2. The Morgan fingerprint density at radius 2 is 2.28 bits per heavy atom. The highest BCUT2D eigenvalue weighted by atomic mass is 16.6. The summed E-state index contributed by atoms with van der Waals surface area (Å²) in [5.41, 5.74) is -0.0430. The van der Waals surface area contributed by atoms with Crippen LogP contribution in [0, 0.1) is 10.1 Å². The number of hydrogen-bond acceptors (Lipinski definition) is 7. The van der Waals surface area contributed by atoms with Gasteiger partial charge in [0, 0.05) is 32.7 Å². The molecule has 1 fully saturated rings. The summed E-state index contributed by atoms with van der Waals surface area (Å²) in [5.74, 6) is 0.823. The van der Waals surface area contributed by atoms with Gasteiger partial charge >= 0.3 is 5.69 Å². The molecule has 0 bridgehead atoms. The minimum atomic E-state index is -0.437. The molecule has 1 aliphatic rings. The first kappa shape index (κ1) is 12.5. The molecule has 0 amide bonds. The largest absolute Gasteiger partial charge is 0.354 e. The first-order valence-electron chi connectivity index (χ1n) is 5.93. The van der Waals surface area contributed by atoms with E-state index in [-0.39, 0.29) is 5.69 Å². The fraction of sp³-hybridized carbons (Fsp3) is 0.600. The lowest BCUT2D eigenvalue weighted by Gasteiger charge is -2.27. The topological polar surface area (TPSA) is 96.2 Å². The Labute approximate surface area is 105 Å². The number of rotatable bonds is 4. The summed E-state index contributed by atoms with van der Waals surface area (Å²) in [6.07, 6.45) is 1.27. The van der Waals surface area contributed by atoms with Crippen molar-refractivity contribution in [3.63, 3.8) is 0 Å². The van der Waals surface area contributed by atoms with Gasteiger partial charge in [0.25, 0.3) is 0 Å². The molecule has 0 unspecified atom stereocenters. The predicted molar refractivity (Wildman–Crippen MR) is 67.9 cm³/mol. The van der Waals surface area contributed by atoms with Crippen molar-refractivity contribution in [1.29, 1.82) is 0 Å². The van der Waals surface area contributed by atoms with Crippen molar-refractivity contribution < 1.29 is 4.92 Å². The van der Waals surface area contributed by atoms with E-state index >= 15 is 0 Å². The monoisotopic (exact) mass is 252 g/mol. The van der Waals surface area contributed by atoms with Crippen LogP contribution >= 0.6 is 0 Å². The van der Waals surface area contributed by atoms with Crippen LogP contribution in [0.2, 0.25) is 0 Å². The van der Waals surface area contributed by atoms with E-state index in [4.69, 9.17) is 0 Å². The van der Waals surface area contributed by atoms with E-state index in [1.807, 2.05) is 11.8 Å². The quantitative estimate of drug-likeness (QED) is 0.584. The van der Waals surface area contributed by atoms with Crippen LogP contribution in [0.4, 0.5) is 17.5 Å². The Morgan fingerprint density at radius 1 is 1.56 bits per heavy atom. The van der Waals surface area contributed by atoms with Crippen molar-refractivity contribution in [1.82, 2.24) is 15.3 Å². The van der Waals surface area contributed by atoms with Crippen molar-refractivity contribution in [2.75, 3.05) is 42.9 Å². The Balaban J connectivity index is 2.33. The lowest BCUT2D eigenvalue weighted by Crippen LogP contribution is -2.44.